The van der Waals surface area contributed by atoms with E-state index in [9.17, 15) is 9.90 Å². The van der Waals surface area contributed by atoms with Crippen LogP contribution < -0.4 is 10.6 Å². The van der Waals surface area contributed by atoms with Gasteiger partial charge in [-0.25, -0.2) is 4.98 Å². The summed E-state index contributed by atoms with van der Waals surface area (Å²) in [5.41, 5.74) is 1.58. The molecule has 4 rings (SSSR count). The topological polar surface area (TPSA) is 108 Å². The maximum atomic E-state index is 11.7. The van der Waals surface area contributed by atoms with E-state index in [4.69, 9.17) is 4.98 Å². The highest BCUT2D eigenvalue weighted by atomic mass is 16.3. The van der Waals surface area contributed by atoms with E-state index in [1.807, 2.05) is 11.2 Å². The van der Waals surface area contributed by atoms with Crippen LogP contribution in [-0.2, 0) is 4.79 Å². The van der Waals surface area contributed by atoms with Crippen molar-refractivity contribution in [1.29, 1.82) is 0 Å². The predicted molar refractivity (Wildman–Crippen MR) is 112 cm³/mol. The third-order valence-electron chi connectivity index (χ3n) is 5.85. The molecule has 0 unspecified atom stereocenters. The largest absolute Gasteiger partial charge is 0.395 e. The Kier molecular flexibility index (Phi) is 6.43. The quantitative estimate of drug-likeness (QED) is 0.553. The fraction of sp³-hybridized carbons (Fsp3) is 0.700. The molecule has 1 amide bonds. The number of aliphatic hydroxyl groups excluding tert-OH is 1. The number of aromatic nitrogens is 4. The minimum absolute atomic E-state index is 0.0292. The highest BCUT2D eigenvalue weighted by molar-refractivity contribution is 5.84. The normalized spacial score (nSPS) is 18.0. The molecule has 158 valence electrons. The summed E-state index contributed by atoms with van der Waals surface area (Å²) in [7, 11) is 0. The van der Waals surface area contributed by atoms with Gasteiger partial charge in [-0.05, 0) is 25.7 Å². The van der Waals surface area contributed by atoms with Gasteiger partial charge in [-0.15, -0.1) is 0 Å². The van der Waals surface area contributed by atoms with Crippen molar-refractivity contribution in [3.63, 3.8) is 0 Å². The first-order chi connectivity index (χ1) is 14.3. The number of carbonyl (C=O) groups is 1. The number of aliphatic hydroxyl groups is 1. The molecule has 0 spiro atoms. The van der Waals surface area contributed by atoms with Crippen LogP contribution in [0.4, 0.5) is 11.8 Å². The van der Waals surface area contributed by atoms with Crippen molar-refractivity contribution in [3.8, 4) is 0 Å². The second kappa shape index (κ2) is 9.39. The number of hydrogen-bond donors (Lipinski definition) is 3. The third kappa shape index (κ3) is 4.60. The molecule has 2 aliphatic rings. The molecule has 9 nitrogen and oxygen atoms in total. The first-order valence-electron chi connectivity index (χ1n) is 10.9. The lowest BCUT2D eigenvalue weighted by atomic mass is 9.95. The Bertz CT molecular complexity index is 832. The van der Waals surface area contributed by atoms with Crippen LogP contribution in [0.25, 0.3) is 11.2 Å². The van der Waals surface area contributed by atoms with Gasteiger partial charge in [0.25, 0.3) is 0 Å². The molecule has 2 fully saturated rings. The molecule has 0 radical (unpaired) electrons. The predicted octanol–water partition coefficient (Wildman–Crippen LogP) is 2.16. The van der Waals surface area contributed by atoms with Crippen LogP contribution in [0.15, 0.2) is 6.33 Å². The molecule has 1 aliphatic carbocycles. The Morgan fingerprint density at radius 3 is 2.72 bits per heavy atom. The number of anilines is 2. The molecule has 2 aromatic heterocycles. The monoisotopic (exact) mass is 401 g/mol. The highest BCUT2D eigenvalue weighted by Gasteiger charge is 2.21. The summed E-state index contributed by atoms with van der Waals surface area (Å²) in [4.78, 5) is 27.6. The average molecular weight is 402 g/mol. The van der Waals surface area contributed by atoms with Crippen molar-refractivity contribution in [3.05, 3.63) is 6.33 Å². The van der Waals surface area contributed by atoms with Crippen LogP contribution in [0.5, 0.6) is 0 Å². The Labute approximate surface area is 170 Å². The molecule has 29 heavy (non-hydrogen) atoms. The molecular weight excluding hydrogens is 370 g/mol. The number of fused-ring (bicyclic) bond motifs is 1. The van der Waals surface area contributed by atoms with E-state index in [1.165, 1.54) is 19.3 Å². The van der Waals surface area contributed by atoms with Gasteiger partial charge in [0.2, 0.25) is 11.9 Å². The number of likely N-dealkylation sites (tertiary alicyclic amines) is 1. The van der Waals surface area contributed by atoms with Crippen LogP contribution in [0.3, 0.4) is 0 Å². The van der Waals surface area contributed by atoms with Gasteiger partial charge in [-0.3, -0.25) is 4.79 Å². The first kappa shape index (κ1) is 19.9. The summed E-state index contributed by atoms with van der Waals surface area (Å²) in [5.74, 6) is 1.47. The van der Waals surface area contributed by atoms with Gasteiger partial charge in [-0.2, -0.15) is 9.97 Å². The van der Waals surface area contributed by atoms with Crippen molar-refractivity contribution in [2.45, 2.75) is 57.4 Å². The highest BCUT2D eigenvalue weighted by Crippen LogP contribution is 2.31. The van der Waals surface area contributed by atoms with E-state index in [0.717, 1.165) is 49.9 Å². The molecule has 0 bridgehead atoms. The molecule has 2 aromatic rings. The molecular formula is C20H31N7O2. The summed E-state index contributed by atoms with van der Waals surface area (Å²) < 4.78 is 2.19. The summed E-state index contributed by atoms with van der Waals surface area (Å²) in [6.45, 7) is 2.79. The molecule has 0 aromatic carbocycles. The number of hydrogen-bond acceptors (Lipinski definition) is 7. The zero-order valence-corrected chi connectivity index (χ0v) is 16.9. The van der Waals surface area contributed by atoms with Crippen LogP contribution in [0.1, 0.15) is 57.4 Å². The molecule has 1 saturated carbocycles. The van der Waals surface area contributed by atoms with Gasteiger partial charge in [0.15, 0.2) is 17.0 Å². The van der Waals surface area contributed by atoms with Crippen molar-refractivity contribution < 1.29 is 9.90 Å². The van der Waals surface area contributed by atoms with Crippen molar-refractivity contribution in [2.24, 2.45) is 0 Å². The van der Waals surface area contributed by atoms with Gasteiger partial charge in [0.05, 0.1) is 12.9 Å². The summed E-state index contributed by atoms with van der Waals surface area (Å²) in [5, 5.41) is 15.7. The zero-order valence-electron chi connectivity index (χ0n) is 16.9. The number of nitrogens with zero attached hydrogens (tertiary/aromatic N) is 5. The van der Waals surface area contributed by atoms with Gasteiger partial charge in [0.1, 0.15) is 0 Å². The van der Waals surface area contributed by atoms with Crippen molar-refractivity contribution >= 4 is 28.8 Å². The Hall–Kier alpha value is -2.42. The van der Waals surface area contributed by atoms with Crippen LogP contribution >= 0.6 is 0 Å². The Morgan fingerprint density at radius 1 is 1.10 bits per heavy atom. The second-order valence-corrected chi connectivity index (χ2v) is 7.93. The average Bonchev–Trinajstić information content (AvgIpc) is 3.36. The fourth-order valence-electron chi connectivity index (χ4n) is 4.33. The Balaban J connectivity index is 1.48. The van der Waals surface area contributed by atoms with E-state index < -0.39 is 0 Å². The van der Waals surface area contributed by atoms with Gasteiger partial charge >= 0.3 is 0 Å². The van der Waals surface area contributed by atoms with Gasteiger partial charge in [-0.1, -0.05) is 19.3 Å². The maximum absolute atomic E-state index is 11.7. The van der Waals surface area contributed by atoms with Crippen LogP contribution in [0.2, 0.25) is 0 Å². The summed E-state index contributed by atoms with van der Waals surface area (Å²) >= 11 is 0. The number of amides is 1. The van der Waals surface area contributed by atoms with Crippen LogP contribution in [0, 0.1) is 0 Å². The lowest BCUT2D eigenvalue weighted by Gasteiger charge is -2.23. The molecule has 1 saturated heterocycles. The number of carbonyl (C=O) groups excluding carboxylic acids is 1. The third-order valence-corrected chi connectivity index (χ3v) is 5.85. The number of rotatable bonds is 9. The molecule has 9 heteroatoms. The number of imidazole rings is 1. The van der Waals surface area contributed by atoms with E-state index in [1.54, 1.807) is 0 Å². The standard InChI is InChI=1S/C20H31N7O2/c28-13-10-21-18-17-19(27(14-23-17)15-6-2-1-3-7-15)25-20(24-18)22-9-5-12-26-11-4-8-16(26)29/h14-15,28H,1-13H2,(H2,21,22,24,25). The molecule has 0 atom stereocenters. The van der Waals surface area contributed by atoms with E-state index >= 15 is 0 Å². The van der Waals surface area contributed by atoms with Gasteiger partial charge < -0.3 is 25.2 Å². The lowest BCUT2D eigenvalue weighted by Crippen LogP contribution is -2.27. The van der Waals surface area contributed by atoms with E-state index in [2.05, 4.69) is 25.2 Å². The first-order valence-corrected chi connectivity index (χ1v) is 10.9. The lowest BCUT2D eigenvalue weighted by molar-refractivity contribution is -0.127. The molecule has 3 N–H and O–H groups in total. The zero-order chi connectivity index (χ0) is 20.1. The SMILES string of the molecule is O=C1CCCN1CCCNc1nc(NCCO)c2ncn(C3CCCCC3)c2n1. The fourth-order valence-corrected chi connectivity index (χ4v) is 4.33. The maximum Gasteiger partial charge on any atom is 0.226 e. The van der Waals surface area contributed by atoms with E-state index in [-0.39, 0.29) is 12.5 Å². The number of nitrogens with one attached hydrogen (secondary N) is 2. The Morgan fingerprint density at radius 2 is 1.97 bits per heavy atom. The smallest absolute Gasteiger partial charge is 0.226 e. The van der Waals surface area contributed by atoms with Crippen LogP contribution in [-0.4, -0.2) is 68.2 Å². The van der Waals surface area contributed by atoms with E-state index in [0.29, 0.717) is 37.3 Å². The van der Waals surface area contributed by atoms with Crippen molar-refractivity contribution in [1.82, 2.24) is 24.4 Å². The molecule has 3 heterocycles. The summed E-state index contributed by atoms with van der Waals surface area (Å²) in [6.07, 6.45) is 10.5. The van der Waals surface area contributed by atoms with Gasteiger partial charge in [0, 0.05) is 38.6 Å². The van der Waals surface area contributed by atoms with Crippen molar-refractivity contribution in [2.75, 3.05) is 43.4 Å². The summed E-state index contributed by atoms with van der Waals surface area (Å²) in [6, 6.07) is 0.434. The minimum Gasteiger partial charge on any atom is -0.395 e. The minimum atomic E-state index is 0.0292. The second-order valence-electron chi connectivity index (χ2n) is 7.93. The molecule has 1 aliphatic heterocycles.